The van der Waals surface area contributed by atoms with Crippen molar-refractivity contribution in [1.29, 1.82) is 0 Å². The molecule has 52 valence electrons. The van der Waals surface area contributed by atoms with Crippen LogP contribution in [0.3, 0.4) is 0 Å². The summed E-state index contributed by atoms with van der Waals surface area (Å²) in [6.45, 7) is 3.76. The normalized spacial score (nSPS) is 21.7. The molecule has 0 amide bonds. The highest BCUT2D eigenvalue weighted by Gasteiger charge is 2.29. The van der Waals surface area contributed by atoms with Crippen molar-refractivity contribution in [2.45, 2.75) is 12.9 Å². The molecule has 0 aromatic heterocycles. The van der Waals surface area contributed by atoms with E-state index in [9.17, 15) is 0 Å². The molecule has 0 aromatic rings. The van der Waals surface area contributed by atoms with Crippen LogP contribution in [0.1, 0.15) is 0 Å². The monoisotopic (exact) mass is 128 g/mol. The van der Waals surface area contributed by atoms with E-state index in [4.69, 9.17) is 5.02 Å². The second-order valence-corrected chi connectivity index (χ2v) is 2.57. The highest BCUT2D eigenvalue weighted by atomic mass is 16.2. The van der Waals surface area contributed by atoms with E-state index in [1.54, 1.807) is 6.82 Å². The van der Waals surface area contributed by atoms with Gasteiger partial charge in [0, 0.05) is 19.1 Å². The average molecular weight is 128 g/mol. The summed E-state index contributed by atoms with van der Waals surface area (Å²) in [5.41, 5.74) is 0. The van der Waals surface area contributed by atoms with Gasteiger partial charge >= 0.3 is 7.05 Å². The Balaban J connectivity index is 2.12. The van der Waals surface area contributed by atoms with Gasteiger partial charge in [-0.2, -0.15) is 0 Å². The topological polar surface area (TPSA) is 35.5 Å². The minimum Gasteiger partial charge on any atom is -0.437 e. The molecular formula is C5H13BN2O. The minimum atomic E-state index is -0.269. The van der Waals surface area contributed by atoms with Crippen molar-refractivity contribution in [1.82, 2.24) is 10.1 Å². The standard InChI is InChI=1S/C5H13BN2O/c1-6(9)8-3-5(4-8)7-2/h5,7,9H,3-4H2,1-2H3. The molecule has 9 heavy (non-hydrogen) atoms. The summed E-state index contributed by atoms with van der Waals surface area (Å²) in [7, 11) is 1.68. The zero-order valence-corrected chi connectivity index (χ0v) is 5.96. The molecule has 4 heteroatoms. The predicted molar refractivity (Wildman–Crippen MR) is 38.3 cm³/mol. The lowest BCUT2D eigenvalue weighted by Crippen LogP contribution is -2.61. The third-order valence-electron chi connectivity index (χ3n) is 1.85. The fourth-order valence-electron chi connectivity index (χ4n) is 1.00. The Morgan fingerprint density at radius 1 is 1.67 bits per heavy atom. The van der Waals surface area contributed by atoms with Crippen LogP contribution < -0.4 is 5.32 Å². The predicted octanol–water partition coefficient (Wildman–Crippen LogP) is -1.000. The van der Waals surface area contributed by atoms with E-state index < -0.39 is 0 Å². The molecule has 1 fully saturated rings. The van der Waals surface area contributed by atoms with Gasteiger partial charge in [0.15, 0.2) is 0 Å². The minimum absolute atomic E-state index is 0.269. The highest BCUT2D eigenvalue weighted by Crippen LogP contribution is 2.06. The summed E-state index contributed by atoms with van der Waals surface area (Å²) in [6, 6.07) is 0.597. The van der Waals surface area contributed by atoms with E-state index in [0.29, 0.717) is 6.04 Å². The maximum absolute atomic E-state index is 8.98. The first-order valence-corrected chi connectivity index (χ1v) is 3.33. The van der Waals surface area contributed by atoms with Crippen LogP contribution in [0, 0.1) is 0 Å². The lowest BCUT2D eigenvalue weighted by atomic mass is 9.80. The van der Waals surface area contributed by atoms with Crippen molar-refractivity contribution in [2.75, 3.05) is 20.1 Å². The second-order valence-electron chi connectivity index (χ2n) is 2.57. The summed E-state index contributed by atoms with van der Waals surface area (Å²) >= 11 is 0. The molecule has 0 atom stereocenters. The van der Waals surface area contributed by atoms with Crippen LogP contribution >= 0.6 is 0 Å². The van der Waals surface area contributed by atoms with E-state index in [-0.39, 0.29) is 7.05 Å². The first-order valence-electron chi connectivity index (χ1n) is 3.33. The smallest absolute Gasteiger partial charge is 0.376 e. The average Bonchev–Trinajstić information content (AvgIpc) is 1.61. The summed E-state index contributed by atoms with van der Waals surface area (Å²) in [4.78, 5) is 2.02. The SMILES string of the molecule is CNC1CN(B(C)O)C1. The summed E-state index contributed by atoms with van der Waals surface area (Å²) in [5, 5.41) is 12.1. The first-order chi connectivity index (χ1) is 4.24. The van der Waals surface area contributed by atoms with Crippen molar-refractivity contribution in [3.8, 4) is 0 Å². The van der Waals surface area contributed by atoms with Crippen molar-refractivity contribution >= 4 is 7.05 Å². The Morgan fingerprint density at radius 3 is 2.56 bits per heavy atom. The van der Waals surface area contributed by atoms with E-state index >= 15 is 0 Å². The summed E-state index contributed by atoms with van der Waals surface area (Å²) in [6.07, 6.45) is 0. The van der Waals surface area contributed by atoms with Gasteiger partial charge in [-0.05, 0) is 13.9 Å². The largest absolute Gasteiger partial charge is 0.437 e. The molecule has 1 heterocycles. The molecule has 0 aliphatic carbocycles. The quantitative estimate of drug-likeness (QED) is 0.468. The maximum atomic E-state index is 8.98. The van der Waals surface area contributed by atoms with Crippen molar-refractivity contribution < 1.29 is 5.02 Å². The van der Waals surface area contributed by atoms with Gasteiger partial charge in [0.2, 0.25) is 0 Å². The number of hydrogen-bond acceptors (Lipinski definition) is 3. The molecule has 2 N–H and O–H groups in total. The number of likely N-dealkylation sites (N-methyl/N-ethyl adjacent to an activating group) is 1. The van der Waals surface area contributed by atoms with Crippen LogP contribution in [0.25, 0.3) is 0 Å². The van der Waals surface area contributed by atoms with Crippen LogP contribution in [0.5, 0.6) is 0 Å². The van der Waals surface area contributed by atoms with Crippen molar-refractivity contribution in [3.05, 3.63) is 0 Å². The van der Waals surface area contributed by atoms with E-state index in [2.05, 4.69) is 5.32 Å². The Kier molecular flexibility index (Phi) is 2.11. The first kappa shape index (κ1) is 7.06. The van der Waals surface area contributed by atoms with E-state index in [1.165, 1.54) is 0 Å². The molecule has 0 unspecified atom stereocenters. The van der Waals surface area contributed by atoms with Gasteiger partial charge in [-0.3, -0.25) is 0 Å². The molecule has 1 aliphatic rings. The Hall–Kier alpha value is -0.0551. The third kappa shape index (κ3) is 1.44. The molecule has 0 aromatic carbocycles. The molecule has 1 aliphatic heterocycles. The molecular weight excluding hydrogens is 115 g/mol. The summed E-state index contributed by atoms with van der Waals surface area (Å²) in [5.74, 6) is 0. The molecule has 1 rings (SSSR count). The molecule has 0 saturated carbocycles. The van der Waals surface area contributed by atoms with Crippen LogP contribution in [0.15, 0.2) is 0 Å². The number of hydrogen-bond donors (Lipinski definition) is 2. The number of nitrogens with zero attached hydrogens (tertiary/aromatic N) is 1. The summed E-state index contributed by atoms with van der Waals surface area (Å²) < 4.78 is 0. The van der Waals surface area contributed by atoms with E-state index in [0.717, 1.165) is 13.1 Å². The maximum Gasteiger partial charge on any atom is 0.376 e. The highest BCUT2D eigenvalue weighted by molar-refractivity contribution is 6.45. The van der Waals surface area contributed by atoms with Gasteiger partial charge in [-0.15, -0.1) is 0 Å². The fourth-order valence-corrected chi connectivity index (χ4v) is 1.00. The van der Waals surface area contributed by atoms with Gasteiger partial charge in [0.25, 0.3) is 0 Å². The van der Waals surface area contributed by atoms with Crippen molar-refractivity contribution in [3.63, 3.8) is 0 Å². The molecule has 1 saturated heterocycles. The van der Waals surface area contributed by atoms with Gasteiger partial charge < -0.3 is 15.2 Å². The Labute approximate surface area is 56.2 Å². The van der Waals surface area contributed by atoms with Gasteiger partial charge in [0.05, 0.1) is 0 Å². The Morgan fingerprint density at radius 2 is 2.22 bits per heavy atom. The zero-order chi connectivity index (χ0) is 6.85. The fraction of sp³-hybridized carbons (Fsp3) is 1.00. The second kappa shape index (κ2) is 2.69. The van der Waals surface area contributed by atoms with Crippen LogP contribution in [0.4, 0.5) is 0 Å². The zero-order valence-electron chi connectivity index (χ0n) is 5.96. The molecule has 0 spiro atoms. The molecule has 0 radical (unpaired) electrons. The van der Waals surface area contributed by atoms with Crippen LogP contribution in [0.2, 0.25) is 6.82 Å². The van der Waals surface area contributed by atoms with Crippen LogP contribution in [-0.4, -0.2) is 43.1 Å². The number of nitrogens with one attached hydrogen (secondary N) is 1. The van der Waals surface area contributed by atoms with Gasteiger partial charge in [0.1, 0.15) is 0 Å². The van der Waals surface area contributed by atoms with Crippen LogP contribution in [-0.2, 0) is 0 Å². The van der Waals surface area contributed by atoms with Gasteiger partial charge in [-0.1, -0.05) is 0 Å². The van der Waals surface area contributed by atoms with Crippen molar-refractivity contribution in [2.24, 2.45) is 0 Å². The van der Waals surface area contributed by atoms with Gasteiger partial charge in [-0.25, -0.2) is 0 Å². The lowest BCUT2D eigenvalue weighted by molar-refractivity contribution is 0.209. The number of rotatable bonds is 2. The Bertz CT molecular complexity index is 93.0. The van der Waals surface area contributed by atoms with E-state index in [1.807, 2.05) is 11.9 Å². The molecule has 3 nitrogen and oxygen atoms in total. The lowest BCUT2D eigenvalue weighted by Gasteiger charge is -2.39. The third-order valence-corrected chi connectivity index (χ3v) is 1.85. The molecule has 0 bridgehead atoms.